The monoisotopic (exact) mass is 704 g/mol. The molecule has 3 heteroatoms. The van der Waals surface area contributed by atoms with Crippen molar-refractivity contribution in [3.8, 4) is 22.3 Å². The summed E-state index contributed by atoms with van der Waals surface area (Å²) in [6.07, 6.45) is 0. The van der Waals surface area contributed by atoms with Gasteiger partial charge in [-0.25, -0.2) is 0 Å². The van der Waals surface area contributed by atoms with Crippen molar-refractivity contribution in [1.82, 2.24) is 0 Å². The lowest BCUT2D eigenvalue weighted by Crippen LogP contribution is -2.12. The fraction of sp³-hybridized carbons (Fsp3) is 0. The van der Waals surface area contributed by atoms with Crippen LogP contribution in [0.4, 0.5) is 34.1 Å². The topological polar surface area (TPSA) is 19.6 Å². The average molecular weight is 705 g/mol. The Hall–Kier alpha value is -7.36. The van der Waals surface area contributed by atoms with Gasteiger partial charge in [0.05, 0.1) is 22.4 Å². The molecule has 0 aliphatic rings. The maximum absolute atomic E-state index is 6.31. The highest BCUT2D eigenvalue weighted by Gasteiger charge is 2.22. The first-order valence-electron chi connectivity index (χ1n) is 18.7. The molecular formula is C52H36N2O. The molecule has 0 fully saturated rings. The van der Waals surface area contributed by atoms with Crippen LogP contribution < -0.4 is 9.80 Å². The Morgan fingerprint density at radius 1 is 0.273 bits per heavy atom. The molecule has 3 nitrogen and oxygen atoms in total. The van der Waals surface area contributed by atoms with E-state index in [2.05, 4.69) is 216 Å². The summed E-state index contributed by atoms with van der Waals surface area (Å²) in [6, 6.07) is 77.5. The van der Waals surface area contributed by atoms with Crippen LogP contribution in [-0.2, 0) is 0 Å². The van der Waals surface area contributed by atoms with Gasteiger partial charge in [0.15, 0.2) is 0 Å². The molecule has 0 saturated heterocycles. The van der Waals surface area contributed by atoms with E-state index in [9.17, 15) is 0 Å². The highest BCUT2D eigenvalue weighted by molar-refractivity contribution is 6.13. The smallest absolute Gasteiger partial charge is 0.137 e. The van der Waals surface area contributed by atoms with Crippen molar-refractivity contribution in [1.29, 1.82) is 0 Å². The molecule has 1 heterocycles. The van der Waals surface area contributed by atoms with Crippen LogP contribution >= 0.6 is 0 Å². The van der Waals surface area contributed by atoms with Crippen LogP contribution in [0.1, 0.15) is 0 Å². The number of nitrogens with zero attached hydrogens (tertiary/aromatic N) is 2. The lowest BCUT2D eigenvalue weighted by Gasteiger charge is -2.29. The molecule has 0 N–H and O–H groups in total. The van der Waals surface area contributed by atoms with Crippen molar-refractivity contribution in [2.24, 2.45) is 0 Å². The van der Waals surface area contributed by atoms with Crippen LogP contribution in [0.2, 0.25) is 0 Å². The number of anilines is 6. The van der Waals surface area contributed by atoms with E-state index in [1.54, 1.807) is 0 Å². The summed E-state index contributed by atoms with van der Waals surface area (Å²) in [7, 11) is 0. The minimum Gasteiger partial charge on any atom is -0.456 e. The lowest BCUT2D eigenvalue weighted by molar-refractivity contribution is 0.669. The van der Waals surface area contributed by atoms with Gasteiger partial charge < -0.3 is 14.2 Å². The molecular weight excluding hydrogens is 669 g/mol. The summed E-state index contributed by atoms with van der Waals surface area (Å²) in [4.78, 5) is 4.73. The molecule has 0 unspecified atom stereocenters. The number of benzene rings is 9. The lowest BCUT2D eigenvalue weighted by atomic mass is 9.95. The van der Waals surface area contributed by atoms with Crippen LogP contribution in [-0.4, -0.2) is 0 Å². The Morgan fingerprint density at radius 2 is 0.800 bits per heavy atom. The van der Waals surface area contributed by atoms with E-state index in [1.165, 1.54) is 27.5 Å². The average Bonchev–Trinajstić information content (AvgIpc) is 3.65. The van der Waals surface area contributed by atoms with Gasteiger partial charge in [0.1, 0.15) is 11.2 Å². The second kappa shape index (κ2) is 13.9. The van der Waals surface area contributed by atoms with Crippen molar-refractivity contribution in [3.05, 3.63) is 218 Å². The molecule has 0 saturated carbocycles. The summed E-state index contributed by atoms with van der Waals surface area (Å²) in [5.74, 6) is 0. The minimum atomic E-state index is 0.874. The normalized spacial score (nSPS) is 11.3. The SMILES string of the molecule is c1ccc(-c2ccccc2N(c2ccccc2)c2ccc(-c3ccc(N(c4ccccc4)c4cccc5oc6ccccc6c45)cc3)c3ccccc23)cc1. The molecule has 0 radical (unpaired) electrons. The standard InChI is InChI=1S/C52H36N2O/c1-4-17-37(18-5-1)43-23-12-14-27-47(43)54(40-21-8-3-9-22-40)48-36-35-42(44-24-10-11-25-45(44)48)38-31-33-41(34-32-38)53(39-19-6-2-7-20-39)49-28-16-30-51-52(49)46-26-13-15-29-50(46)55-51/h1-36H. The molecule has 0 spiro atoms. The predicted octanol–water partition coefficient (Wildman–Crippen LogP) is 15.0. The third-order valence-electron chi connectivity index (χ3n) is 10.5. The second-order valence-electron chi connectivity index (χ2n) is 13.7. The Bertz CT molecular complexity index is 2920. The van der Waals surface area contributed by atoms with E-state index in [0.29, 0.717) is 0 Å². The van der Waals surface area contributed by atoms with E-state index in [4.69, 9.17) is 4.42 Å². The molecule has 0 atom stereocenters. The first-order valence-corrected chi connectivity index (χ1v) is 18.7. The second-order valence-corrected chi connectivity index (χ2v) is 13.7. The number of furan rings is 1. The highest BCUT2D eigenvalue weighted by atomic mass is 16.3. The zero-order valence-electron chi connectivity index (χ0n) is 30.1. The third-order valence-corrected chi connectivity index (χ3v) is 10.5. The van der Waals surface area contributed by atoms with Crippen molar-refractivity contribution in [2.45, 2.75) is 0 Å². The van der Waals surface area contributed by atoms with Crippen molar-refractivity contribution in [2.75, 3.05) is 9.80 Å². The molecule has 0 bridgehead atoms. The van der Waals surface area contributed by atoms with Gasteiger partial charge in [-0.3, -0.25) is 0 Å². The number of hydrogen-bond donors (Lipinski definition) is 0. The van der Waals surface area contributed by atoms with Crippen molar-refractivity contribution >= 4 is 66.8 Å². The first-order chi connectivity index (χ1) is 27.3. The summed E-state index contributed by atoms with van der Waals surface area (Å²) < 4.78 is 6.31. The van der Waals surface area contributed by atoms with Gasteiger partial charge >= 0.3 is 0 Å². The van der Waals surface area contributed by atoms with Gasteiger partial charge in [0.2, 0.25) is 0 Å². The van der Waals surface area contributed by atoms with Crippen molar-refractivity contribution in [3.63, 3.8) is 0 Å². The number of para-hydroxylation sites is 4. The molecule has 1 aromatic heterocycles. The Balaban J connectivity index is 1.10. The molecule has 0 aliphatic heterocycles. The van der Waals surface area contributed by atoms with Crippen LogP contribution in [0.5, 0.6) is 0 Å². The van der Waals surface area contributed by atoms with Gasteiger partial charge in [0.25, 0.3) is 0 Å². The minimum absolute atomic E-state index is 0.874. The van der Waals surface area contributed by atoms with Gasteiger partial charge in [0, 0.05) is 33.4 Å². The fourth-order valence-corrected chi connectivity index (χ4v) is 7.98. The molecule has 9 aromatic carbocycles. The fourth-order valence-electron chi connectivity index (χ4n) is 7.98. The summed E-state index contributed by atoms with van der Waals surface area (Å²) >= 11 is 0. The molecule has 260 valence electrons. The number of fused-ring (bicyclic) bond motifs is 4. The Morgan fingerprint density at radius 3 is 1.55 bits per heavy atom. The number of hydrogen-bond acceptors (Lipinski definition) is 3. The zero-order chi connectivity index (χ0) is 36.6. The molecule has 55 heavy (non-hydrogen) atoms. The maximum atomic E-state index is 6.31. The van der Waals surface area contributed by atoms with Crippen LogP contribution in [0.3, 0.4) is 0 Å². The van der Waals surface area contributed by atoms with Crippen LogP contribution in [0.25, 0.3) is 55.0 Å². The molecule has 10 rings (SSSR count). The molecule has 0 amide bonds. The van der Waals surface area contributed by atoms with Gasteiger partial charge in [-0.15, -0.1) is 0 Å². The summed E-state index contributed by atoms with van der Waals surface area (Å²) in [5.41, 5.74) is 13.1. The Labute approximate surface area is 320 Å². The van der Waals surface area contributed by atoms with Crippen LogP contribution in [0.15, 0.2) is 223 Å². The van der Waals surface area contributed by atoms with Crippen LogP contribution in [0, 0.1) is 0 Å². The largest absolute Gasteiger partial charge is 0.456 e. The summed E-state index contributed by atoms with van der Waals surface area (Å²) in [6.45, 7) is 0. The molecule has 10 aromatic rings. The van der Waals surface area contributed by atoms with Crippen molar-refractivity contribution < 1.29 is 4.42 Å². The van der Waals surface area contributed by atoms with Gasteiger partial charge in [-0.05, 0) is 88.8 Å². The van der Waals surface area contributed by atoms with E-state index >= 15 is 0 Å². The maximum Gasteiger partial charge on any atom is 0.137 e. The van der Waals surface area contributed by atoms with E-state index in [-0.39, 0.29) is 0 Å². The highest BCUT2D eigenvalue weighted by Crippen LogP contribution is 2.46. The third kappa shape index (κ3) is 5.80. The molecule has 0 aliphatic carbocycles. The summed E-state index contributed by atoms with van der Waals surface area (Å²) in [5, 5.41) is 4.58. The predicted molar refractivity (Wildman–Crippen MR) is 231 cm³/mol. The zero-order valence-corrected chi connectivity index (χ0v) is 30.1. The quantitative estimate of drug-likeness (QED) is 0.157. The van der Waals surface area contributed by atoms with Gasteiger partial charge in [-0.1, -0.05) is 152 Å². The van der Waals surface area contributed by atoms with E-state index in [0.717, 1.165) is 61.6 Å². The first kappa shape index (κ1) is 32.3. The van der Waals surface area contributed by atoms with E-state index in [1.807, 2.05) is 12.1 Å². The number of rotatable bonds is 8. The van der Waals surface area contributed by atoms with E-state index < -0.39 is 0 Å². The van der Waals surface area contributed by atoms with Gasteiger partial charge in [-0.2, -0.15) is 0 Å². The Kier molecular flexibility index (Phi) is 8.16.